The molecule has 1 rings (SSSR count). The van der Waals surface area contributed by atoms with E-state index in [9.17, 15) is 14.0 Å². The third-order valence-electron chi connectivity index (χ3n) is 2.14. The van der Waals surface area contributed by atoms with Crippen molar-refractivity contribution in [2.75, 3.05) is 18.0 Å². The molecule has 2 amide bonds. The van der Waals surface area contributed by atoms with Gasteiger partial charge < -0.3 is 16.4 Å². The van der Waals surface area contributed by atoms with Crippen LogP contribution in [0.4, 0.5) is 10.1 Å². The summed E-state index contributed by atoms with van der Waals surface area (Å²) in [6.07, 6.45) is 0. The van der Waals surface area contributed by atoms with Gasteiger partial charge in [0.2, 0.25) is 11.8 Å². The van der Waals surface area contributed by atoms with Gasteiger partial charge in [0.1, 0.15) is 17.4 Å². The Hall–Kier alpha value is -2.62. The molecule has 0 radical (unpaired) electrons. The minimum atomic E-state index is -0.742. The van der Waals surface area contributed by atoms with Gasteiger partial charge in [0, 0.05) is 0 Å². The van der Waals surface area contributed by atoms with Crippen LogP contribution in [0.1, 0.15) is 5.56 Å². The van der Waals surface area contributed by atoms with E-state index >= 15 is 0 Å². The normalized spacial score (nSPS) is 9.56. The van der Waals surface area contributed by atoms with Crippen LogP contribution < -0.4 is 16.4 Å². The van der Waals surface area contributed by atoms with E-state index in [0.717, 1.165) is 11.0 Å². The summed E-state index contributed by atoms with van der Waals surface area (Å²) in [5.74, 6) is -2.18. The van der Waals surface area contributed by atoms with Gasteiger partial charge in [-0.1, -0.05) is 6.07 Å². The molecule has 0 bridgehead atoms. The number of nitrogens with zero attached hydrogens (tertiary/aromatic N) is 2. The topological polar surface area (TPSA) is 113 Å². The molecule has 94 valence electrons. The lowest BCUT2D eigenvalue weighted by molar-refractivity contribution is -0.117. The second-order valence-corrected chi connectivity index (χ2v) is 3.53. The van der Waals surface area contributed by atoms with E-state index < -0.39 is 17.6 Å². The first-order valence-electron chi connectivity index (χ1n) is 4.96. The zero-order valence-electron chi connectivity index (χ0n) is 9.39. The van der Waals surface area contributed by atoms with Gasteiger partial charge in [-0.05, 0) is 12.1 Å². The van der Waals surface area contributed by atoms with Crippen LogP contribution in [-0.4, -0.2) is 24.9 Å². The third kappa shape index (κ3) is 3.18. The van der Waals surface area contributed by atoms with Crippen molar-refractivity contribution < 1.29 is 14.0 Å². The van der Waals surface area contributed by atoms with Crippen LogP contribution in [-0.2, 0) is 9.59 Å². The molecule has 0 aliphatic carbocycles. The van der Waals surface area contributed by atoms with E-state index in [1.54, 1.807) is 6.07 Å². The number of anilines is 1. The van der Waals surface area contributed by atoms with Crippen molar-refractivity contribution in [1.82, 2.24) is 0 Å². The van der Waals surface area contributed by atoms with Crippen LogP contribution in [0.3, 0.4) is 0 Å². The lowest BCUT2D eigenvalue weighted by Crippen LogP contribution is -2.40. The lowest BCUT2D eigenvalue weighted by atomic mass is 10.1. The van der Waals surface area contributed by atoms with Crippen LogP contribution in [0.25, 0.3) is 0 Å². The average molecular weight is 250 g/mol. The Bertz CT molecular complexity index is 508. The molecule has 18 heavy (non-hydrogen) atoms. The van der Waals surface area contributed by atoms with Crippen LogP contribution in [0.15, 0.2) is 18.2 Å². The average Bonchev–Trinajstić information content (AvgIpc) is 2.26. The molecule has 0 aliphatic heterocycles. The summed E-state index contributed by atoms with van der Waals surface area (Å²) in [6, 6.07) is 5.55. The van der Waals surface area contributed by atoms with Gasteiger partial charge >= 0.3 is 0 Å². The number of hydrogen-bond acceptors (Lipinski definition) is 4. The summed E-state index contributed by atoms with van der Waals surface area (Å²) in [7, 11) is 0. The van der Waals surface area contributed by atoms with E-state index in [2.05, 4.69) is 0 Å². The minimum absolute atomic E-state index is 0.107. The Labute approximate surface area is 103 Å². The van der Waals surface area contributed by atoms with Gasteiger partial charge in [-0.2, -0.15) is 5.26 Å². The van der Waals surface area contributed by atoms with Crippen LogP contribution >= 0.6 is 0 Å². The molecule has 6 nitrogen and oxygen atoms in total. The summed E-state index contributed by atoms with van der Waals surface area (Å²) < 4.78 is 13.4. The molecule has 0 unspecified atom stereocenters. The summed E-state index contributed by atoms with van der Waals surface area (Å²) in [4.78, 5) is 23.0. The van der Waals surface area contributed by atoms with E-state index in [1.165, 1.54) is 12.1 Å². The Morgan fingerprint density at radius 1 is 1.28 bits per heavy atom. The number of carbonyl (C=O) groups excluding carboxylic acids is 2. The van der Waals surface area contributed by atoms with E-state index in [-0.39, 0.29) is 24.3 Å². The molecule has 4 N–H and O–H groups in total. The number of primary amides is 2. The highest BCUT2D eigenvalue weighted by Gasteiger charge is 2.17. The van der Waals surface area contributed by atoms with Crippen molar-refractivity contribution in [3.05, 3.63) is 29.6 Å². The van der Waals surface area contributed by atoms with E-state index in [1.807, 2.05) is 0 Å². The molecular formula is C11H11FN4O2. The summed E-state index contributed by atoms with van der Waals surface area (Å²) in [5, 5.41) is 8.87. The monoisotopic (exact) mass is 250 g/mol. The Kier molecular flexibility index (Phi) is 4.21. The summed E-state index contributed by atoms with van der Waals surface area (Å²) in [6.45, 7) is -0.665. The number of amides is 2. The molecule has 1 aromatic rings. The van der Waals surface area contributed by atoms with Gasteiger partial charge in [-0.3, -0.25) is 9.59 Å². The zero-order chi connectivity index (χ0) is 13.7. The standard InChI is InChI=1S/C11H11FN4O2/c12-8-2-1-3-9(7(8)4-13)16(5-10(14)17)6-11(15)18/h1-3H,5-6H2,(H2,14,17)(H2,15,18). The quantitative estimate of drug-likeness (QED) is 0.731. The second-order valence-electron chi connectivity index (χ2n) is 3.53. The van der Waals surface area contributed by atoms with Gasteiger partial charge in [0.05, 0.1) is 18.8 Å². The van der Waals surface area contributed by atoms with Gasteiger partial charge in [0.15, 0.2) is 0 Å². The van der Waals surface area contributed by atoms with Crippen molar-refractivity contribution in [2.24, 2.45) is 11.5 Å². The number of rotatable bonds is 5. The Balaban J connectivity index is 3.20. The number of benzene rings is 1. The first-order valence-corrected chi connectivity index (χ1v) is 4.96. The van der Waals surface area contributed by atoms with Crippen LogP contribution in [0.5, 0.6) is 0 Å². The molecule has 1 aromatic carbocycles. The van der Waals surface area contributed by atoms with Crippen LogP contribution in [0.2, 0.25) is 0 Å². The molecule has 0 atom stereocenters. The molecule has 0 aromatic heterocycles. The van der Waals surface area contributed by atoms with Crippen molar-refractivity contribution in [1.29, 1.82) is 5.26 Å². The molecular weight excluding hydrogens is 239 g/mol. The van der Waals surface area contributed by atoms with Gasteiger partial charge in [-0.15, -0.1) is 0 Å². The van der Waals surface area contributed by atoms with E-state index in [4.69, 9.17) is 16.7 Å². The fourth-order valence-corrected chi connectivity index (χ4v) is 1.49. The first-order chi connectivity index (χ1) is 8.45. The fourth-order valence-electron chi connectivity index (χ4n) is 1.49. The number of carbonyl (C=O) groups is 2. The molecule has 0 heterocycles. The first kappa shape index (κ1) is 13.4. The zero-order valence-corrected chi connectivity index (χ0v) is 9.39. The second kappa shape index (κ2) is 5.63. The summed E-state index contributed by atoms with van der Waals surface area (Å²) in [5.41, 5.74) is 9.90. The number of nitrogens with two attached hydrogens (primary N) is 2. The third-order valence-corrected chi connectivity index (χ3v) is 2.14. The Morgan fingerprint density at radius 3 is 2.28 bits per heavy atom. The molecule has 0 aliphatic rings. The smallest absolute Gasteiger partial charge is 0.236 e. The number of halogens is 1. The molecule has 7 heteroatoms. The maximum atomic E-state index is 13.4. The van der Waals surface area contributed by atoms with Gasteiger partial charge in [-0.25, -0.2) is 4.39 Å². The number of hydrogen-bond donors (Lipinski definition) is 2. The SMILES string of the molecule is N#Cc1c(F)cccc1N(CC(N)=O)CC(N)=O. The van der Waals surface area contributed by atoms with Crippen molar-refractivity contribution in [3.8, 4) is 6.07 Å². The maximum Gasteiger partial charge on any atom is 0.236 e. The van der Waals surface area contributed by atoms with Crippen LogP contribution in [0, 0.1) is 17.1 Å². The van der Waals surface area contributed by atoms with Crippen molar-refractivity contribution in [2.45, 2.75) is 0 Å². The number of nitriles is 1. The fraction of sp³-hybridized carbons (Fsp3) is 0.182. The minimum Gasteiger partial charge on any atom is -0.368 e. The highest BCUT2D eigenvalue weighted by molar-refractivity contribution is 5.85. The lowest BCUT2D eigenvalue weighted by Gasteiger charge is -2.22. The van der Waals surface area contributed by atoms with Crippen molar-refractivity contribution >= 4 is 17.5 Å². The van der Waals surface area contributed by atoms with Crippen molar-refractivity contribution in [3.63, 3.8) is 0 Å². The molecule has 0 saturated carbocycles. The largest absolute Gasteiger partial charge is 0.368 e. The van der Waals surface area contributed by atoms with E-state index in [0.29, 0.717) is 0 Å². The molecule has 0 fully saturated rings. The molecule has 0 spiro atoms. The highest BCUT2D eigenvalue weighted by Crippen LogP contribution is 2.22. The molecule has 0 saturated heterocycles. The maximum absolute atomic E-state index is 13.4. The predicted octanol–water partition coefficient (Wildman–Crippen LogP) is -0.526. The highest BCUT2D eigenvalue weighted by atomic mass is 19.1. The summed E-state index contributed by atoms with van der Waals surface area (Å²) >= 11 is 0. The Morgan fingerprint density at radius 2 is 1.83 bits per heavy atom. The predicted molar refractivity (Wildman–Crippen MR) is 61.7 cm³/mol. The van der Waals surface area contributed by atoms with Gasteiger partial charge in [0.25, 0.3) is 0 Å².